The van der Waals surface area contributed by atoms with Gasteiger partial charge in [0.05, 0.1) is 18.7 Å². The molecule has 0 aliphatic heterocycles. The number of carbonyl (C=O) groups is 1. The Morgan fingerprint density at radius 2 is 2.05 bits per heavy atom. The lowest BCUT2D eigenvalue weighted by atomic mass is 10.1. The van der Waals surface area contributed by atoms with E-state index in [4.69, 9.17) is 25.7 Å². The second-order valence-corrected chi connectivity index (χ2v) is 3.86. The molecule has 102 valence electrons. The van der Waals surface area contributed by atoms with Crippen LogP contribution in [0.1, 0.15) is 12.5 Å². The van der Waals surface area contributed by atoms with E-state index in [2.05, 4.69) is 0 Å². The van der Waals surface area contributed by atoms with Crippen molar-refractivity contribution in [1.29, 1.82) is 10.5 Å². The van der Waals surface area contributed by atoms with Gasteiger partial charge in [-0.05, 0) is 19.1 Å². The molecule has 0 aliphatic rings. The topological polar surface area (TPSA) is 109 Å². The minimum Gasteiger partial charge on any atom is -0.493 e. The lowest BCUT2D eigenvalue weighted by molar-refractivity contribution is -0.117. The zero-order valence-electron chi connectivity index (χ0n) is 11.1. The number of ether oxygens (including phenoxy) is 2. The molecule has 20 heavy (non-hydrogen) atoms. The van der Waals surface area contributed by atoms with Crippen LogP contribution in [0.3, 0.4) is 0 Å². The summed E-state index contributed by atoms with van der Waals surface area (Å²) in [5.74, 6) is 0.134. The Labute approximate surface area is 116 Å². The van der Waals surface area contributed by atoms with Crippen molar-refractivity contribution in [1.82, 2.24) is 0 Å². The van der Waals surface area contributed by atoms with Crippen LogP contribution in [0.15, 0.2) is 29.5 Å². The zero-order valence-corrected chi connectivity index (χ0v) is 11.1. The average Bonchev–Trinajstić information content (AvgIpc) is 2.45. The lowest BCUT2D eigenvalue weighted by Crippen LogP contribution is -2.16. The Morgan fingerprint density at radius 3 is 2.55 bits per heavy atom. The fourth-order valence-electron chi connectivity index (χ4n) is 1.44. The van der Waals surface area contributed by atoms with Gasteiger partial charge in [-0.1, -0.05) is 0 Å². The molecule has 2 N–H and O–H groups in total. The maximum absolute atomic E-state index is 11.7. The molecule has 0 fully saturated rings. The van der Waals surface area contributed by atoms with Gasteiger partial charge in [-0.15, -0.1) is 0 Å². The molecule has 0 unspecified atom stereocenters. The van der Waals surface area contributed by atoms with E-state index in [1.807, 2.05) is 6.07 Å². The van der Waals surface area contributed by atoms with E-state index in [0.29, 0.717) is 17.1 Å². The molecule has 1 rings (SSSR count). The minimum atomic E-state index is -0.515. The van der Waals surface area contributed by atoms with Gasteiger partial charge in [-0.25, -0.2) is 0 Å². The summed E-state index contributed by atoms with van der Waals surface area (Å²) in [5, 5.41) is 17.6. The highest BCUT2D eigenvalue weighted by Gasteiger charge is 2.14. The Hall–Kier alpha value is -2.99. The molecule has 6 heteroatoms. The van der Waals surface area contributed by atoms with E-state index >= 15 is 0 Å². The number of nitrogens with two attached hydrogens (primary N) is 1. The SMILES string of the molecule is COc1cc(C#N)ccc1OCC(=O)/C(C#N)=C(/C)N. The van der Waals surface area contributed by atoms with Crippen molar-refractivity contribution < 1.29 is 14.3 Å². The molecular weight excluding hydrogens is 258 g/mol. The van der Waals surface area contributed by atoms with Crippen LogP contribution in [0, 0.1) is 22.7 Å². The van der Waals surface area contributed by atoms with E-state index in [9.17, 15) is 4.79 Å². The number of nitrogens with zero attached hydrogens (tertiary/aromatic N) is 2. The van der Waals surface area contributed by atoms with Gasteiger partial charge in [-0.2, -0.15) is 10.5 Å². The number of hydrogen-bond acceptors (Lipinski definition) is 6. The van der Waals surface area contributed by atoms with Gasteiger partial charge in [0.15, 0.2) is 18.1 Å². The maximum atomic E-state index is 11.7. The molecular formula is C14H13N3O3. The molecule has 0 heterocycles. The molecule has 0 aromatic heterocycles. The summed E-state index contributed by atoms with van der Waals surface area (Å²) >= 11 is 0. The highest BCUT2D eigenvalue weighted by molar-refractivity contribution is 6.00. The predicted octanol–water partition coefficient (Wildman–Crippen LogP) is 1.27. The fraction of sp³-hybridized carbons (Fsp3) is 0.214. The van der Waals surface area contributed by atoms with Crippen LogP contribution in [0.4, 0.5) is 0 Å². The third kappa shape index (κ3) is 3.50. The second kappa shape index (κ2) is 6.81. The largest absolute Gasteiger partial charge is 0.493 e. The van der Waals surface area contributed by atoms with Crippen LogP contribution < -0.4 is 15.2 Å². The maximum Gasteiger partial charge on any atom is 0.212 e. The summed E-state index contributed by atoms with van der Waals surface area (Å²) in [6, 6.07) is 8.26. The van der Waals surface area contributed by atoms with Gasteiger partial charge < -0.3 is 15.2 Å². The summed E-state index contributed by atoms with van der Waals surface area (Å²) in [7, 11) is 1.43. The van der Waals surface area contributed by atoms with Gasteiger partial charge in [0.25, 0.3) is 0 Å². The van der Waals surface area contributed by atoms with Crippen LogP contribution in [-0.2, 0) is 4.79 Å². The number of ketones is 1. The molecule has 6 nitrogen and oxygen atoms in total. The van der Waals surface area contributed by atoms with Gasteiger partial charge in [-0.3, -0.25) is 4.79 Å². The van der Waals surface area contributed by atoms with Crippen LogP contribution in [0.5, 0.6) is 11.5 Å². The first-order valence-electron chi connectivity index (χ1n) is 5.64. The first kappa shape index (κ1) is 15.1. The first-order valence-corrected chi connectivity index (χ1v) is 5.64. The number of nitriles is 2. The normalized spacial score (nSPS) is 10.8. The molecule has 0 radical (unpaired) electrons. The average molecular weight is 271 g/mol. The minimum absolute atomic E-state index is 0.127. The fourth-order valence-corrected chi connectivity index (χ4v) is 1.44. The summed E-state index contributed by atoms with van der Waals surface area (Å²) in [6.45, 7) is 1.14. The monoisotopic (exact) mass is 271 g/mol. The van der Waals surface area contributed by atoms with Crippen LogP contribution in [0.2, 0.25) is 0 Å². The molecule has 0 saturated carbocycles. The van der Waals surface area contributed by atoms with Crippen molar-refractivity contribution in [3.8, 4) is 23.6 Å². The third-order valence-electron chi connectivity index (χ3n) is 2.44. The molecule has 0 amide bonds. The lowest BCUT2D eigenvalue weighted by Gasteiger charge is -2.10. The quantitative estimate of drug-likeness (QED) is 0.638. The number of Topliss-reactive ketones (excluding diaryl/α,β-unsaturated/α-hetero) is 1. The van der Waals surface area contributed by atoms with Gasteiger partial charge >= 0.3 is 0 Å². The number of methoxy groups -OCH3 is 1. The van der Waals surface area contributed by atoms with E-state index in [0.717, 1.165) is 0 Å². The van der Waals surface area contributed by atoms with E-state index < -0.39 is 5.78 Å². The third-order valence-corrected chi connectivity index (χ3v) is 2.44. The standard InChI is InChI=1S/C14H13N3O3/c1-9(17)11(7-16)12(18)8-20-13-4-3-10(6-15)5-14(13)19-2/h3-5H,8,17H2,1-2H3/b11-9-. The highest BCUT2D eigenvalue weighted by atomic mass is 16.5. The summed E-state index contributed by atoms with van der Waals surface area (Å²) in [5.41, 5.74) is 5.86. The van der Waals surface area contributed by atoms with Crippen molar-refractivity contribution >= 4 is 5.78 Å². The van der Waals surface area contributed by atoms with E-state index in [1.54, 1.807) is 6.07 Å². The number of carbonyl (C=O) groups excluding carboxylic acids is 1. The molecule has 0 atom stereocenters. The van der Waals surface area contributed by atoms with Gasteiger partial charge in [0.1, 0.15) is 11.6 Å². The Morgan fingerprint density at radius 1 is 1.35 bits per heavy atom. The highest BCUT2D eigenvalue weighted by Crippen LogP contribution is 2.27. The second-order valence-electron chi connectivity index (χ2n) is 3.86. The van der Waals surface area contributed by atoms with Crippen molar-refractivity contribution in [3.05, 3.63) is 35.0 Å². The molecule has 0 aliphatic carbocycles. The number of hydrogen-bond donors (Lipinski definition) is 1. The van der Waals surface area contributed by atoms with Gasteiger partial charge in [0, 0.05) is 11.8 Å². The van der Waals surface area contributed by atoms with E-state index in [1.165, 1.54) is 32.2 Å². The van der Waals surface area contributed by atoms with E-state index in [-0.39, 0.29) is 17.9 Å². The number of benzene rings is 1. The van der Waals surface area contributed by atoms with Crippen molar-refractivity contribution in [3.63, 3.8) is 0 Å². The van der Waals surface area contributed by atoms with Crippen LogP contribution in [0.25, 0.3) is 0 Å². The Balaban J connectivity index is 2.87. The summed E-state index contributed by atoms with van der Waals surface area (Å²) in [6.07, 6.45) is 0. The molecule has 1 aromatic rings. The predicted molar refractivity (Wildman–Crippen MR) is 70.7 cm³/mol. The molecule has 1 aromatic carbocycles. The first-order chi connectivity index (χ1) is 9.53. The Bertz CT molecular complexity index is 632. The summed E-state index contributed by atoms with van der Waals surface area (Å²) in [4.78, 5) is 11.7. The van der Waals surface area contributed by atoms with Crippen LogP contribution in [-0.4, -0.2) is 19.5 Å². The summed E-state index contributed by atoms with van der Waals surface area (Å²) < 4.78 is 10.4. The Kier molecular flexibility index (Phi) is 5.13. The zero-order chi connectivity index (χ0) is 15.1. The van der Waals surface area contributed by atoms with Crippen LogP contribution >= 0.6 is 0 Å². The van der Waals surface area contributed by atoms with Crippen molar-refractivity contribution in [2.45, 2.75) is 6.92 Å². The smallest absolute Gasteiger partial charge is 0.212 e. The molecule has 0 spiro atoms. The number of rotatable bonds is 5. The van der Waals surface area contributed by atoms with Gasteiger partial charge in [0.2, 0.25) is 5.78 Å². The van der Waals surface area contributed by atoms with Crippen molar-refractivity contribution in [2.75, 3.05) is 13.7 Å². The number of allylic oxidation sites excluding steroid dienone is 1. The van der Waals surface area contributed by atoms with Crippen molar-refractivity contribution in [2.24, 2.45) is 5.73 Å². The molecule has 0 bridgehead atoms. The molecule has 0 saturated heterocycles.